The van der Waals surface area contributed by atoms with Crippen molar-refractivity contribution in [3.8, 4) is 11.5 Å². The van der Waals surface area contributed by atoms with Gasteiger partial charge in [-0.05, 0) is 30.3 Å². The molecule has 4 rings (SSSR count). The maximum atomic E-state index is 12.6. The van der Waals surface area contributed by atoms with Gasteiger partial charge in [-0.2, -0.15) is 0 Å². The van der Waals surface area contributed by atoms with Crippen molar-refractivity contribution in [1.82, 2.24) is 4.57 Å². The summed E-state index contributed by atoms with van der Waals surface area (Å²) in [6.07, 6.45) is 0. The second-order valence-electron chi connectivity index (χ2n) is 5.52. The summed E-state index contributed by atoms with van der Waals surface area (Å²) in [6, 6.07) is 9.03. The van der Waals surface area contributed by atoms with Crippen LogP contribution >= 0.6 is 0 Å². The van der Waals surface area contributed by atoms with Crippen LogP contribution in [0.2, 0.25) is 0 Å². The molecule has 9 heteroatoms. The van der Waals surface area contributed by atoms with E-state index in [1.807, 2.05) is 0 Å². The fourth-order valence-electron chi connectivity index (χ4n) is 2.60. The van der Waals surface area contributed by atoms with Crippen LogP contribution in [0.15, 0.2) is 50.5 Å². The molecule has 2 aromatic carbocycles. The van der Waals surface area contributed by atoms with Gasteiger partial charge in [0.25, 0.3) is 10.0 Å². The number of nitrogens with zero attached hydrogens (tertiary/aromatic N) is 1. The number of hydrogen-bond acceptors (Lipinski definition) is 6. The topological polar surface area (TPSA) is 99.8 Å². The molecule has 0 fully saturated rings. The lowest BCUT2D eigenvalue weighted by Gasteiger charge is -2.19. The van der Waals surface area contributed by atoms with Crippen molar-refractivity contribution in [3.05, 3.63) is 46.9 Å². The molecule has 8 nitrogen and oxygen atoms in total. The van der Waals surface area contributed by atoms with Gasteiger partial charge in [-0.1, -0.05) is 0 Å². The van der Waals surface area contributed by atoms with Crippen LogP contribution in [0.4, 0.5) is 5.69 Å². The van der Waals surface area contributed by atoms with E-state index in [0.29, 0.717) is 41.5 Å². The SMILES string of the molecule is Cn1c(=O)oc2ccc(NS(=O)(=O)c3ccc4c(c3)OCCO4)cc21. The van der Waals surface area contributed by atoms with Gasteiger partial charge in [0.1, 0.15) is 13.2 Å². The molecule has 0 saturated carbocycles. The largest absolute Gasteiger partial charge is 0.486 e. The van der Waals surface area contributed by atoms with E-state index < -0.39 is 15.8 Å². The molecule has 0 spiro atoms. The quantitative estimate of drug-likeness (QED) is 0.761. The summed E-state index contributed by atoms with van der Waals surface area (Å²) in [4.78, 5) is 11.6. The molecule has 2 heterocycles. The third-order valence-electron chi connectivity index (χ3n) is 3.87. The Labute approximate surface area is 142 Å². The summed E-state index contributed by atoms with van der Waals surface area (Å²) in [7, 11) is -2.28. The van der Waals surface area contributed by atoms with Crippen molar-refractivity contribution >= 4 is 26.8 Å². The molecular weight excluding hydrogens is 348 g/mol. The van der Waals surface area contributed by atoms with Crippen molar-refractivity contribution in [2.24, 2.45) is 7.05 Å². The lowest BCUT2D eigenvalue weighted by atomic mass is 10.3. The molecule has 130 valence electrons. The molecule has 0 aliphatic carbocycles. The molecule has 0 radical (unpaired) electrons. The Kier molecular flexibility index (Phi) is 3.46. The van der Waals surface area contributed by atoms with Gasteiger partial charge in [-0.15, -0.1) is 0 Å². The van der Waals surface area contributed by atoms with Crippen molar-refractivity contribution in [1.29, 1.82) is 0 Å². The standard InChI is InChI=1S/C16H14N2O6S/c1-18-12-8-10(2-4-13(12)24-16(18)19)17-25(20,21)11-3-5-14-15(9-11)23-7-6-22-14/h2-5,8-9,17H,6-7H2,1H3. The summed E-state index contributed by atoms with van der Waals surface area (Å²) in [6.45, 7) is 0.801. The lowest BCUT2D eigenvalue weighted by Crippen LogP contribution is -2.17. The van der Waals surface area contributed by atoms with E-state index >= 15 is 0 Å². The molecule has 3 aromatic rings. The van der Waals surface area contributed by atoms with Crippen LogP contribution in [0.3, 0.4) is 0 Å². The third-order valence-corrected chi connectivity index (χ3v) is 5.25. The minimum atomic E-state index is -3.83. The first-order chi connectivity index (χ1) is 11.9. The number of aryl methyl sites for hydroxylation is 1. The zero-order valence-corrected chi connectivity index (χ0v) is 14.0. The van der Waals surface area contributed by atoms with E-state index in [4.69, 9.17) is 13.9 Å². The van der Waals surface area contributed by atoms with Gasteiger partial charge in [0.2, 0.25) is 0 Å². The zero-order valence-electron chi connectivity index (χ0n) is 13.2. The molecular formula is C16H14N2O6S. The molecule has 0 saturated heterocycles. The van der Waals surface area contributed by atoms with Crippen molar-refractivity contribution < 1.29 is 22.3 Å². The molecule has 0 amide bonds. The Bertz CT molecular complexity index is 1130. The molecule has 1 N–H and O–H groups in total. The van der Waals surface area contributed by atoms with E-state index in [1.54, 1.807) is 19.2 Å². The summed E-state index contributed by atoms with van der Waals surface area (Å²) < 4.78 is 44.9. The Hall–Kier alpha value is -2.94. The van der Waals surface area contributed by atoms with Crippen LogP contribution in [-0.2, 0) is 17.1 Å². The number of benzene rings is 2. The summed E-state index contributed by atoms with van der Waals surface area (Å²) >= 11 is 0. The fourth-order valence-corrected chi connectivity index (χ4v) is 3.66. The molecule has 1 aliphatic rings. The Balaban J connectivity index is 1.69. The monoisotopic (exact) mass is 362 g/mol. The van der Waals surface area contributed by atoms with E-state index in [-0.39, 0.29) is 4.90 Å². The number of aromatic nitrogens is 1. The summed E-state index contributed by atoms with van der Waals surface area (Å²) in [5, 5.41) is 0. The van der Waals surface area contributed by atoms with Gasteiger partial charge in [0, 0.05) is 13.1 Å². The first-order valence-electron chi connectivity index (χ1n) is 7.46. The Morgan fingerprint density at radius 3 is 2.60 bits per heavy atom. The number of sulfonamides is 1. The van der Waals surface area contributed by atoms with Gasteiger partial charge in [0.05, 0.1) is 16.1 Å². The molecule has 0 atom stereocenters. The minimum Gasteiger partial charge on any atom is -0.486 e. The zero-order chi connectivity index (χ0) is 17.6. The van der Waals surface area contributed by atoms with Crippen molar-refractivity contribution in [2.75, 3.05) is 17.9 Å². The van der Waals surface area contributed by atoms with Crippen LogP contribution in [0.25, 0.3) is 11.1 Å². The normalized spacial score (nSPS) is 13.8. The van der Waals surface area contributed by atoms with Crippen LogP contribution in [0.5, 0.6) is 11.5 Å². The first-order valence-corrected chi connectivity index (χ1v) is 8.94. The summed E-state index contributed by atoms with van der Waals surface area (Å²) in [5.41, 5.74) is 1.20. The van der Waals surface area contributed by atoms with Crippen LogP contribution in [0, 0.1) is 0 Å². The van der Waals surface area contributed by atoms with E-state index in [0.717, 1.165) is 0 Å². The van der Waals surface area contributed by atoms with Crippen molar-refractivity contribution in [3.63, 3.8) is 0 Å². The van der Waals surface area contributed by atoms with Gasteiger partial charge in [-0.25, -0.2) is 13.2 Å². The number of hydrogen-bond donors (Lipinski definition) is 1. The molecule has 1 aliphatic heterocycles. The highest BCUT2D eigenvalue weighted by Gasteiger charge is 2.20. The Morgan fingerprint density at radius 1 is 1.04 bits per heavy atom. The predicted molar refractivity (Wildman–Crippen MR) is 89.7 cm³/mol. The van der Waals surface area contributed by atoms with Crippen LogP contribution in [0.1, 0.15) is 0 Å². The predicted octanol–water partition coefficient (Wildman–Crippen LogP) is 1.70. The number of oxazole rings is 1. The number of rotatable bonds is 3. The second kappa shape index (κ2) is 5.55. The van der Waals surface area contributed by atoms with Gasteiger partial charge in [0.15, 0.2) is 17.1 Å². The Morgan fingerprint density at radius 2 is 1.80 bits per heavy atom. The molecule has 0 bridgehead atoms. The van der Waals surface area contributed by atoms with E-state index in [9.17, 15) is 13.2 Å². The van der Waals surface area contributed by atoms with E-state index in [1.165, 1.54) is 28.8 Å². The highest BCUT2D eigenvalue weighted by molar-refractivity contribution is 7.92. The first kappa shape index (κ1) is 15.6. The van der Waals surface area contributed by atoms with Crippen LogP contribution in [-0.4, -0.2) is 26.2 Å². The third kappa shape index (κ3) is 2.72. The van der Waals surface area contributed by atoms with Gasteiger partial charge < -0.3 is 13.9 Å². The second-order valence-corrected chi connectivity index (χ2v) is 7.20. The highest BCUT2D eigenvalue weighted by Crippen LogP contribution is 2.32. The van der Waals surface area contributed by atoms with Crippen molar-refractivity contribution in [2.45, 2.75) is 4.90 Å². The number of ether oxygens (including phenoxy) is 2. The van der Waals surface area contributed by atoms with Crippen LogP contribution < -0.4 is 20.0 Å². The maximum absolute atomic E-state index is 12.6. The number of fused-ring (bicyclic) bond motifs is 2. The molecule has 0 unspecified atom stereocenters. The number of anilines is 1. The molecule has 25 heavy (non-hydrogen) atoms. The summed E-state index contributed by atoms with van der Waals surface area (Å²) in [5.74, 6) is 0.392. The maximum Gasteiger partial charge on any atom is 0.419 e. The smallest absolute Gasteiger partial charge is 0.419 e. The fraction of sp³-hybridized carbons (Fsp3) is 0.188. The van der Waals surface area contributed by atoms with Gasteiger partial charge in [-0.3, -0.25) is 9.29 Å². The lowest BCUT2D eigenvalue weighted by molar-refractivity contribution is 0.171. The highest BCUT2D eigenvalue weighted by atomic mass is 32.2. The van der Waals surface area contributed by atoms with E-state index in [2.05, 4.69) is 4.72 Å². The van der Waals surface area contributed by atoms with Gasteiger partial charge >= 0.3 is 5.76 Å². The number of nitrogens with one attached hydrogen (secondary N) is 1. The average Bonchev–Trinajstić information content (AvgIpc) is 2.88. The minimum absolute atomic E-state index is 0.0536. The average molecular weight is 362 g/mol. The molecule has 1 aromatic heterocycles.